The van der Waals surface area contributed by atoms with Crippen molar-refractivity contribution in [3.05, 3.63) is 65.2 Å². The molecule has 2 rings (SSSR count). The summed E-state index contributed by atoms with van der Waals surface area (Å²) in [5, 5.41) is 9.62. The molecule has 0 heterocycles. The molecular weight excluding hydrogens is 451 g/mol. The molecule has 134 valence electrons. The molecule has 2 aromatic rings. The van der Waals surface area contributed by atoms with E-state index in [2.05, 4.69) is 20.9 Å². The third-order valence-electron chi connectivity index (χ3n) is 3.18. The quantitative estimate of drug-likeness (QED) is 0.342. The Bertz CT molecular complexity index is 694. The number of rotatable bonds is 6. The van der Waals surface area contributed by atoms with Gasteiger partial charge in [0.2, 0.25) is 5.91 Å². The number of anilines is 1. The zero-order valence-corrected chi connectivity index (χ0v) is 17.0. The molecule has 5 nitrogen and oxygen atoms in total. The summed E-state index contributed by atoms with van der Waals surface area (Å²) in [6.45, 7) is 3.24. The monoisotopic (exact) mass is 472 g/mol. The van der Waals surface area contributed by atoms with E-state index in [0.29, 0.717) is 24.1 Å². The predicted octanol–water partition coefficient (Wildman–Crippen LogP) is 3.65. The number of carbonyl (C=O) groups excluding carboxylic acids is 1. The Balaban J connectivity index is 0.00000312. The molecule has 25 heavy (non-hydrogen) atoms. The van der Waals surface area contributed by atoms with Crippen LogP contribution >= 0.6 is 35.6 Å². The van der Waals surface area contributed by atoms with Gasteiger partial charge < -0.3 is 16.0 Å². The molecule has 7 heteroatoms. The highest BCUT2D eigenvalue weighted by Crippen LogP contribution is 2.15. The fourth-order valence-electron chi connectivity index (χ4n) is 2.02. The van der Waals surface area contributed by atoms with Gasteiger partial charge in [0.1, 0.15) is 0 Å². The number of nitrogens with zero attached hydrogens (tertiary/aromatic N) is 1. The standard InChI is InChI=1S/C18H21ClN4O.HI/c1-2-20-18(21-12-14-8-6-7-11-16(14)19)22-13-17(24)23-15-9-4-3-5-10-15;/h3-11H,2,12-13H2,1H3,(H,23,24)(H2,20,21,22);1H. The van der Waals surface area contributed by atoms with Crippen LogP contribution in [-0.2, 0) is 11.3 Å². The van der Waals surface area contributed by atoms with Crippen molar-refractivity contribution < 1.29 is 4.79 Å². The maximum absolute atomic E-state index is 12.0. The first kappa shape index (κ1) is 21.2. The van der Waals surface area contributed by atoms with Gasteiger partial charge >= 0.3 is 0 Å². The van der Waals surface area contributed by atoms with Crippen LogP contribution in [0.5, 0.6) is 0 Å². The van der Waals surface area contributed by atoms with Gasteiger partial charge in [-0.25, -0.2) is 4.99 Å². The second-order valence-electron chi connectivity index (χ2n) is 5.05. The Labute approximate surface area is 170 Å². The van der Waals surface area contributed by atoms with Crippen LogP contribution in [-0.4, -0.2) is 25.0 Å². The lowest BCUT2D eigenvalue weighted by molar-refractivity contribution is -0.115. The lowest BCUT2D eigenvalue weighted by Gasteiger charge is -2.12. The molecular formula is C18H22ClIN4O. The SMILES string of the molecule is CCNC(=NCc1ccccc1Cl)NCC(=O)Nc1ccccc1.I. The number of para-hydroxylation sites is 1. The molecule has 0 unspecified atom stereocenters. The van der Waals surface area contributed by atoms with Crippen molar-refractivity contribution in [2.75, 3.05) is 18.4 Å². The van der Waals surface area contributed by atoms with E-state index >= 15 is 0 Å². The highest BCUT2D eigenvalue weighted by molar-refractivity contribution is 14.0. The van der Waals surface area contributed by atoms with E-state index in [0.717, 1.165) is 11.3 Å². The van der Waals surface area contributed by atoms with Crippen LogP contribution in [0.2, 0.25) is 5.02 Å². The largest absolute Gasteiger partial charge is 0.357 e. The van der Waals surface area contributed by atoms with Crippen LogP contribution in [0.3, 0.4) is 0 Å². The fraction of sp³-hybridized carbons (Fsp3) is 0.222. The van der Waals surface area contributed by atoms with Crippen LogP contribution in [0.4, 0.5) is 5.69 Å². The molecule has 0 aromatic heterocycles. The van der Waals surface area contributed by atoms with Gasteiger partial charge in [-0.2, -0.15) is 0 Å². The van der Waals surface area contributed by atoms with Crippen molar-refractivity contribution >= 4 is 53.1 Å². The summed E-state index contributed by atoms with van der Waals surface area (Å²) in [6.07, 6.45) is 0. The molecule has 0 spiro atoms. The highest BCUT2D eigenvalue weighted by Gasteiger charge is 2.05. The molecule has 2 aromatic carbocycles. The molecule has 0 saturated heterocycles. The molecule has 0 aliphatic rings. The second kappa shape index (κ2) is 11.7. The average Bonchev–Trinajstić information content (AvgIpc) is 2.59. The minimum absolute atomic E-state index is 0. The van der Waals surface area contributed by atoms with Gasteiger partial charge in [-0.3, -0.25) is 4.79 Å². The van der Waals surface area contributed by atoms with Gasteiger partial charge in [0.15, 0.2) is 5.96 Å². The number of nitrogens with one attached hydrogen (secondary N) is 3. The maximum Gasteiger partial charge on any atom is 0.243 e. The first-order valence-corrected chi connectivity index (χ1v) is 8.17. The van der Waals surface area contributed by atoms with Gasteiger partial charge in [-0.15, -0.1) is 24.0 Å². The Morgan fingerprint density at radius 2 is 1.72 bits per heavy atom. The van der Waals surface area contributed by atoms with Crippen molar-refractivity contribution in [1.82, 2.24) is 10.6 Å². The molecule has 0 saturated carbocycles. The number of guanidine groups is 1. The number of amides is 1. The van der Waals surface area contributed by atoms with E-state index in [4.69, 9.17) is 11.6 Å². The minimum Gasteiger partial charge on any atom is -0.357 e. The smallest absolute Gasteiger partial charge is 0.243 e. The maximum atomic E-state index is 12.0. The molecule has 0 radical (unpaired) electrons. The zero-order valence-electron chi connectivity index (χ0n) is 14.0. The highest BCUT2D eigenvalue weighted by atomic mass is 127. The van der Waals surface area contributed by atoms with Crippen molar-refractivity contribution in [3.63, 3.8) is 0 Å². The van der Waals surface area contributed by atoms with Crippen LogP contribution < -0.4 is 16.0 Å². The number of hydrogen-bond donors (Lipinski definition) is 3. The first-order chi connectivity index (χ1) is 11.7. The Kier molecular flexibility index (Phi) is 9.94. The van der Waals surface area contributed by atoms with E-state index in [-0.39, 0.29) is 36.4 Å². The topological polar surface area (TPSA) is 65.5 Å². The number of benzene rings is 2. The van der Waals surface area contributed by atoms with Gasteiger partial charge in [0.05, 0.1) is 13.1 Å². The van der Waals surface area contributed by atoms with Gasteiger partial charge in [-0.05, 0) is 30.7 Å². The summed E-state index contributed by atoms with van der Waals surface area (Å²) in [4.78, 5) is 16.4. The van der Waals surface area contributed by atoms with E-state index < -0.39 is 0 Å². The number of halogens is 2. The molecule has 0 bridgehead atoms. The summed E-state index contributed by atoms with van der Waals surface area (Å²) in [5.74, 6) is 0.435. The van der Waals surface area contributed by atoms with Crippen molar-refractivity contribution in [2.45, 2.75) is 13.5 Å². The number of aliphatic imine (C=N–C) groups is 1. The van der Waals surface area contributed by atoms with Gasteiger partial charge in [0.25, 0.3) is 0 Å². The minimum atomic E-state index is -0.135. The van der Waals surface area contributed by atoms with E-state index in [1.54, 1.807) is 0 Å². The molecule has 3 N–H and O–H groups in total. The van der Waals surface area contributed by atoms with E-state index in [1.165, 1.54) is 0 Å². The lowest BCUT2D eigenvalue weighted by Crippen LogP contribution is -2.41. The summed E-state index contributed by atoms with van der Waals surface area (Å²) in [6, 6.07) is 16.9. The summed E-state index contributed by atoms with van der Waals surface area (Å²) >= 11 is 6.13. The molecule has 0 fully saturated rings. The van der Waals surface area contributed by atoms with Crippen LogP contribution in [0.1, 0.15) is 12.5 Å². The normalized spacial score (nSPS) is 10.6. The molecule has 0 aliphatic heterocycles. The van der Waals surface area contributed by atoms with Crippen molar-refractivity contribution in [3.8, 4) is 0 Å². The fourth-order valence-corrected chi connectivity index (χ4v) is 2.22. The van der Waals surface area contributed by atoms with Crippen molar-refractivity contribution in [2.24, 2.45) is 4.99 Å². The van der Waals surface area contributed by atoms with Crippen LogP contribution in [0.15, 0.2) is 59.6 Å². The van der Waals surface area contributed by atoms with Crippen molar-refractivity contribution in [1.29, 1.82) is 0 Å². The summed E-state index contributed by atoms with van der Waals surface area (Å²) in [5.41, 5.74) is 1.70. The Morgan fingerprint density at radius 3 is 2.40 bits per heavy atom. The number of carbonyl (C=O) groups is 1. The third-order valence-corrected chi connectivity index (χ3v) is 3.55. The summed E-state index contributed by atoms with van der Waals surface area (Å²) < 4.78 is 0. The van der Waals surface area contributed by atoms with E-state index in [1.807, 2.05) is 61.5 Å². The summed E-state index contributed by atoms with van der Waals surface area (Å²) in [7, 11) is 0. The lowest BCUT2D eigenvalue weighted by atomic mass is 10.2. The van der Waals surface area contributed by atoms with Gasteiger partial charge in [-0.1, -0.05) is 48.0 Å². The van der Waals surface area contributed by atoms with Crippen LogP contribution in [0.25, 0.3) is 0 Å². The van der Waals surface area contributed by atoms with Crippen LogP contribution in [0, 0.1) is 0 Å². The zero-order chi connectivity index (χ0) is 17.2. The molecule has 0 atom stereocenters. The Morgan fingerprint density at radius 1 is 1.04 bits per heavy atom. The molecule has 1 amide bonds. The predicted molar refractivity (Wildman–Crippen MR) is 115 cm³/mol. The second-order valence-corrected chi connectivity index (χ2v) is 5.46. The van der Waals surface area contributed by atoms with Gasteiger partial charge in [0, 0.05) is 17.3 Å². The number of hydrogen-bond acceptors (Lipinski definition) is 2. The van der Waals surface area contributed by atoms with E-state index in [9.17, 15) is 4.79 Å². The third kappa shape index (κ3) is 7.74. The average molecular weight is 473 g/mol. The molecule has 0 aliphatic carbocycles. The Hall–Kier alpha value is -1.80. The first-order valence-electron chi connectivity index (χ1n) is 7.79.